The minimum atomic E-state index is -1.07. The molecule has 0 aliphatic rings. The Kier molecular flexibility index (Phi) is 8.37. The van der Waals surface area contributed by atoms with Gasteiger partial charge in [0, 0.05) is 13.0 Å². The van der Waals surface area contributed by atoms with Crippen LogP contribution in [-0.2, 0) is 19.1 Å². The minimum absolute atomic E-state index is 0.100. The second-order valence-electron chi connectivity index (χ2n) is 5.36. The fourth-order valence-electron chi connectivity index (χ4n) is 1.34. The molecule has 0 fully saturated rings. The van der Waals surface area contributed by atoms with E-state index in [9.17, 15) is 14.4 Å². The first kappa shape index (κ1) is 19.2. The molecule has 0 aromatic carbocycles. The van der Waals surface area contributed by atoms with E-state index < -0.39 is 36.2 Å². The van der Waals surface area contributed by atoms with Gasteiger partial charge in [-0.15, -0.1) is 0 Å². The average molecular weight is 304 g/mol. The van der Waals surface area contributed by atoms with Crippen molar-refractivity contribution in [1.82, 2.24) is 10.6 Å². The van der Waals surface area contributed by atoms with Crippen LogP contribution < -0.4 is 10.6 Å². The van der Waals surface area contributed by atoms with Crippen molar-refractivity contribution >= 4 is 18.0 Å². The Morgan fingerprint density at radius 3 is 2.33 bits per heavy atom. The van der Waals surface area contributed by atoms with Crippen LogP contribution in [0, 0.1) is 0 Å². The maximum Gasteiger partial charge on any atom is 0.407 e. The summed E-state index contributed by atoms with van der Waals surface area (Å²) < 4.78 is 9.45. The molecule has 0 spiro atoms. The summed E-state index contributed by atoms with van der Waals surface area (Å²) in [5, 5.41) is 13.8. The Labute approximate surface area is 124 Å². The number of aliphatic hydroxyl groups excluding tert-OH is 1. The van der Waals surface area contributed by atoms with Crippen LogP contribution >= 0.6 is 0 Å². The van der Waals surface area contributed by atoms with Gasteiger partial charge in [0.25, 0.3) is 0 Å². The summed E-state index contributed by atoms with van der Waals surface area (Å²) in [5.74, 6) is -1.12. The van der Waals surface area contributed by atoms with Crippen molar-refractivity contribution in [2.75, 3.05) is 20.3 Å². The Balaban J connectivity index is 3.90. The van der Waals surface area contributed by atoms with E-state index >= 15 is 0 Å². The van der Waals surface area contributed by atoms with Gasteiger partial charge in [0.05, 0.1) is 13.7 Å². The van der Waals surface area contributed by atoms with Crippen molar-refractivity contribution in [2.24, 2.45) is 0 Å². The molecular formula is C13H24N2O6. The van der Waals surface area contributed by atoms with Crippen molar-refractivity contribution in [1.29, 1.82) is 0 Å². The molecule has 2 amide bonds. The van der Waals surface area contributed by atoms with Gasteiger partial charge < -0.3 is 25.2 Å². The SMILES string of the molecule is COC(=O)[C@H](CO)NC(=O)CCCNC(=O)OC(C)(C)C. The number of nitrogens with one attached hydrogen (secondary N) is 2. The second kappa shape index (κ2) is 9.17. The normalized spacial score (nSPS) is 12.2. The zero-order valence-corrected chi connectivity index (χ0v) is 12.9. The van der Waals surface area contributed by atoms with Crippen molar-refractivity contribution in [3.05, 3.63) is 0 Å². The Morgan fingerprint density at radius 2 is 1.86 bits per heavy atom. The minimum Gasteiger partial charge on any atom is -0.467 e. The number of esters is 1. The number of methoxy groups -OCH3 is 1. The van der Waals surface area contributed by atoms with Crippen LogP contribution in [0.25, 0.3) is 0 Å². The number of hydrogen-bond donors (Lipinski definition) is 3. The first-order valence-electron chi connectivity index (χ1n) is 6.64. The van der Waals surface area contributed by atoms with Crippen LogP contribution in [0.4, 0.5) is 4.79 Å². The van der Waals surface area contributed by atoms with Gasteiger partial charge in [-0.3, -0.25) is 4.79 Å². The van der Waals surface area contributed by atoms with Gasteiger partial charge in [0.2, 0.25) is 5.91 Å². The average Bonchev–Trinajstić information content (AvgIpc) is 2.38. The zero-order chi connectivity index (χ0) is 16.5. The molecule has 0 saturated carbocycles. The highest BCUT2D eigenvalue weighted by atomic mass is 16.6. The molecule has 0 unspecified atom stereocenters. The number of carbonyl (C=O) groups excluding carboxylic acids is 3. The summed E-state index contributed by atoms with van der Waals surface area (Å²) in [4.78, 5) is 34.0. The van der Waals surface area contributed by atoms with Gasteiger partial charge in [0.1, 0.15) is 5.60 Å². The van der Waals surface area contributed by atoms with Crippen molar-refractivity contribution in [3.63, 3.8) is 0 Å². The molecule has 8 heteroatoms. The van der Waals surface area contributed by atoms with Gasteiger partial charge in [-0.2, -0.15) is 0 Å². The van der Waals surface area contributed by atoms with Gasteiger partial charge in [-0.05, 0) is 27.2 Å². The lowest BCUT2D eigenvalue weighted by Crippen LogP contribution is -2.44. The smallest absolute Gasteiger partial charge is 0.407 e. The van der Waals surface area contributed by atoms with Crippen LogP contribution in [-0.4, -0.2) is 55.0 Å². The topological polar surface area (TPSA) is 114 Å². The van der Waals surface area contributed by atoms with Crippen LogP contribution in [0.2, 0.25) is 0 Å². The second-order valence-corrected chi connectivity index (χ2v) is 5.36. The van der Waals surface area contributed by atoms with E-state index in [-0.39, 0.29) is 13.0 Å². The molecular weight excluding hydrogens is 280 g/mol. The maximum atomic E-state index is 11.5. The van der Waals surface area contributed by atoms with Gasteiger partial charge in [-0.1, -0.05) is 0 Å². The lowest BCUT2D eigenvalue weighted by atomic mass is 10.2. The number of carbonyl (C=O) groups is 3. The summed E-state index contributed by atoms with van der Waals surface area (Å²) in [6, 6.07) is -1.07. The fraction of sp³-hybridized carbons (Fsp3) is 0.769. The van der Waals surface area contributed by atoms with Crippen LogP contribution in [0.15, 0.2) is 0 Å². The van der Waals surface area contributed by atoms with E-state index in [2.05, 4.69) is 15.4 Å². The predicted molar refractivity (Wildman–Crippen MR) is 74.5 cm³/mol. The third kappa shape index (κ3) is 9.67. The molecule has 0 rings (SSSR count). The van der Waals surface area contributed by atoms with E-state index in [0.29, 0.717) is 6.42 Å². The fourth-order valence-corrected chi connectivity index (χ4v) is 1.34. The van der Waals surface area contributed by atoms with Crippen LogP contribution in [0.1, 0.15) is 33.6 Å². The zero-order valence-electron chi connectivity index (χ0n) is 12.9. The van der Waals surface area contributed by atoms with Gasteiger partial charge in [0.15, 0.2) is 6.04 Å². The molecule has 0 radical (unpaired) electrons. The van der Waals surface area contributed by atoms with Gasteiger partial charge >= 0.3 is 12.1 Å². The largest absolute Gasteiger partial charge is 0.467 e. The Hall–Kier alpha value is -1.83. The first-order valence-corrected chi connectivity index (χ1v) is 6.64. The summed E-state index contributed by atoms with van der Waals surface area (Å²) >= 11 is 0. The predicted octanol–water partition coefficient (Wildman–Crippen LogP) is -0.0586. The van der Waals surface area contributed by atoms with E-state index in [1.807, 2.05) is 0 Å². The number of alkyl carbamates (subject to hydrolysis) is 1. The van der Waals surface area contributed by atoms with Crippen LogP contribution in [0.5, 0.6) is 0 Å². The number of rotatable bonds is 7. The molecule has 0 aliphatic heterocycles. The van der Waals surface area contributed by atoms with E-state index in [4.69, 9.17) is 9.84 Å². The van der Waals surface area contributed by atoms with Crippen LogP contribution in [0.3, 0.4) is 0 Å². The highest BCUT2D eigenvalue weighted by Gasteiger charge is 2.20. The number of hydrogen-bond acceptors (Lipinski definition) is 6. The van der Waals surface area contributed by atoms with E-state index in [0.717, 1.165) is 0 Å². The molecule has 21 heavy (non-hydrogen) atoms. The first-order chi connectivity index (χ1) is 9.69. The maximum absolute atomic E-state index is 11.5. The number of amides is 2. The summed E-state index contributed by atoms with van der Waals surface area (Å²) in [7, 11) is 1.17. The molecule has 0 aromatic heterocycles. The molecule has 122 valence electrons. The Morgan fingerprint density at radius 1 is 1.24 bits per heavy atom. The lowest BCUT2D eigenvalue weighted by Gasteiger charge is -2.19. The lowest BCUT2D eigenvalue weighted by molar-refractivity contribution is -0.146. The monoisotopic (exact) mass is 304 g/mol. The van der Waals surface area contributed by atoms with Crippen molar-refractivity contribution < 1.29 is 29.0 Å². The quantitative estimate of drug-likeness (QED) is 0.448. The molecule has 0 saturated heterocycles. The third-order valence-corrected chi connectivity index (χ3v) is 2.25. The molecule has 0 aromatic rings. The highest BCUT2D eigenvalue weighted by molar-refractivity contribution is 5.84. The standard InChI is InChI=1S/C13H24N2O6/c1-13(2,3)21-12(19)14-7-5-6-10(17)15-9(8-16)11(18)20-4/h9,16H,5-8H2,1-4H3,(H,14,19)(H,15,17)/t9-/m0/s1. The molecule has 0 heterocycles. The van der Waals surface area contributed by atoms with Crippen molar-refractivity contribution in [3.8, 4) is 0 Å². The van der Waals surface area contributed by atoms with E-state index in [1.54, 1.807) is 20.8 Å². The molecule has 1 atom stereocenters. The molecule has 3 N–H and O–H groups in total. The molecule has 0 aliphatic carbocycles. The molecule has 0 bridgehead atoms. The summed E-state index contributed by atoms with van der Waals surface area (Å²) in [6.07, 6.45) is -0.0704. The number of ether oxygens (including phenoxy) is 2. The Bertz CT molecular complexity index is 364. The third-order valence-electron chi connectivity index (χ3n) is 2.25. The van der Waals surface area contributed by atoms with Crippen molar-refractivity contribution in [2.45, 2.75) is 45.3 Å². The summed E-state index contributed by atoms with van der Waals surface area (Å²) in [6.45, 7) is 4.99. The van der Waals surface area contributed by atoms with E-state index in [1.165, 1.54) is 7.11 Å². The highest BCUT2D eigenvalue weighted by Crippen LogP contribution is 2.06. The number of aliphatic hydroxyl groups is 1. The molecule has 8 nitrogen and oxygen atoms in total. The summed E-state index contributed by atoms with van der Waals surface area (Å²) in [5.41, 5.74) is -0.573. The van der Waals surface area contributed by atoms with Gasteiger partial charge in [-0.25, -0.2) is 9.59 Å².